The second kappa shape index (κ2) is 4.11. The molecule has 0 aromatic rings. The summed E-state index contributed by atoms with van der Waals surface area (Å²) in [5, 5.41) is 9.00. The number of hydrogen-bond donors (Lipinski definition) is 1. The molecule has 0 spiro atoms. The van der Waals surface area contributed by atoms with E-state index in [9.17, 15) is 9.59 Å². The van der Waals surface area contributed by atoms with Crippen molar-refractivity contribution in [3.8, 4) is 0 Å². The van der Waals surface area contributed by atoms with Crippen LogP contribution in [0.5, 0.6) is 0 Å². The number of ketones is 1. The molecule has 0 bridgehead atoms. The number of rotatable bonds is 3. The third-order valence-electron chi connectivity index (χ3n) is 3.66. The summed E-state index contributed by atoms with van der Waals surface area (Å²) in [6.07, 6.45) is 3.87. The molecule has 2 atom stereocenters. The Morgan fingerprint density at radius 2 is 2.21 bits per heavy atom. The molecule has 1 aliphatic rings. The third kappa shape index (κ3) is 1.68. The molecule has 3 heteroatoms. The van der Waals surface area contributed by atoms with Crippen molar-refractivity contribution in [1.29, 1.82) is 0 Å². The molecule has 0 amide bonds. The number of hydrogen-bond acceptors (Lipinski definition) is 2. The normalized spacial score (nSPS) is 30.0. The highest BCUT2D eigenvalue weighted by atomic mass is 16.4. The van der Waals surface area contributed by atoms with E-state index >= 15 is 0 Å². The van der Waals surface area contributed by atoms with Crippen LogP contribution >= 0.6 is 0 Å². The van der Waals surface area contributed by atoms with Crippen LogP contribution in [-0.4, -0.2) is 16.9 Å². The van der Waals surface area contributed by atoms with E-state index in [-0.39, 0.29) is 5.78 Å². The molecule has 0 radical (unpaired) electrons. The molecule has 80 valence electrons. The summed E-state index contributed by atoms with van der Waals surface area (Å²) in [5.74, 6) is -1.23. The minimum Gasteiger partial charge on any atom is -0.481 e. The van der Waals surface area contributed by atoms with Gasteiger partial charge in [0.05, 0.1) is 5.92 Å². The highest BCUT2D eigenvalue weighted by Crippen LogP contribution is 2.42. The first kappa shape index (κ1) is 11.2. The summed E-state index contributed by atoms with van der Waals surface area (Å²) in [7, 11) is 0. The van der Waals surface area contributed by atoms with Crippen LogP contribution in [-0.2, 0) is 9.59 Å². The van der Waals surface area contributed by atoms with Gasteiger partial charge in [-0.3, -0.25) is 9.59 Å². The molecule has 1 N–H and O–H groups in total. The van der Waals surface area contributed by atoms with E-state index in [4.69, 9.17) is 5.11 Å². The van der Waals surface area contributed by atoms with E-state index in [1.807, 2.05) is 6.92 Å². The number of carbonyl (C=O) groups is 2. The highest BCUT2D eigenvalue weighted by Gasteiger charge is 2.45. The van der Waals surface area contributed by atoms with Gasteiger partial charge in [0.1, 0.15) is 5.78 Å². The van der Waals surface area contributed by atoms with Crippen LogP contribution in [0.4, 0.5) is 0 Å². The zero-order valence-electron chi connectivity index (χ0n) is 8.88. The lowest BCUT2D eigenvalue weighted by Gasteiger charge is -2.37. The summed E-state index contributed by atoms with van der Waals surface area (Å²) in [6, 6.07) is 0. The van der Waals surface area contributed by atoms with Crippen LogP contribution in [0, 0.1) is 11.3 Å². The molecular weight excluding hydrogens is 180 g/mol. The van der Waals surface area contributed by atoms with Crippen LogP contribution < -0.4 is 0 Å². The maximum atomic E-state index is 11.8. The second-order valence-electron chi connectivity index (χ2n) is 4.20. The van der Waals surface area contributed by atoms with Crippen LogP contribution in [0.1, 0.15) is 46.0 Å². The van der Waals surface area contributed by atoms with Crippen molar-refractivity contribution < 1.29 is 14.7 Å². The van der Waals surface area contributed by atoms with Crippen molar-refractivity contribution in [3.05, 3.63) is 0 Å². The Morgan fingerprint density at radius 1 is 1.57 bits per heavy atom. The van der Waals surface area contributed by atoms with Gasteiger partial charge in [-0.2, -0.15) is 0 Å². The van der Waals surface area contributed by atoms with Gasteiger partial charge < -0.3 is 5.11 Å². The predicted molar refractivity (Wildman–Crippen MR) is 53.0 cm³/mol. The monoisotopic (exact) mass is 198 g/mol. The fraction of sp³-hybridized carbons (Fsp3) is 0.818. The van der Waals surface area contributed by atoms with E-state index in [2.05, 4.69) is 0 Å². The molecule has 2 unspecified atom stereocenters. The molecule has 0 aromatic carbocycles. The Balaban J connectivity index is 2.93. The van der Waals surface area contributed by atoms with Gasteiger partial charge in [-0.25, -0.2) is 0 Å². The standard InChI is InChI=1S/C11H18O3/c1-3-11(8(2)10(13)14)7-5-4-6-9(11)12/h8H,3-7H2,1-2H3,(H,13,14). The number of Topliss-reactive ketones (excluding diaryl/α,β-unsaturated/α-hetero) is 1. The van der Waals surface area contributed by atoms with Gasteiger partial charge in [-0.15, -0.1) is 0 Å². The quantitative estimate of drug-likeness (QED) is 0.756. The van der Waals surface area contributed by atoms with Crippen LogP contribution in [0.25, 0.3) is 0 Å². The maximum absolute atomic E-state index is 11.8. The van der Waals surface area contributed by atoms with Gasteiger partial charge in [-0.05, 0) is 19.3 Å². The summed E-state index contributed by atoms with van der Waals surface area (Å²) in [6.45, 7) is 3.58. The minimum absolute atomic E-state index is 0.154. The first-order valence-electron chi connectivity index (χ1n) is 5.30. The Hall–Kier alpha value is -0.860. The molecule has 0 saturated heterocycles. The first-order chi connectivity index (χ1) is 6.54. The number of carbonyl (C=O) groups excluding carboxylic acids is 1. The Kier molecular flexibility index (Phi) is 3.29. The Labute approximate surface area is 84.5 Å². The van der Waals surface area contributed by atoms with Crippen LogP contribution in [0.3, 0.4) is 0 Å². The Morgan fingerprint density at radius 3 is 2.64 bits per heavy atom. The number of aliphatic carboxylic acids is 1. The number of carboxylic acid groups (broad SMARTS) is 1. The SMILES string of the molecule is CCC1(C(C)C(=O)O)CCCCC1=O. The van der Waals surface area contributed by atoms with Crippen molar-refractivity contribution in [2.45, 2.75) is 46.0 Å². The van der Waals surface area contributed by atoms with Gasteiger partial charge in [0.25, 0.3) is 0 Å². The molecule has 0 aliphatic heterocycles. The third-order valence-corrected chi connectivity index (χ3v) is 3.66. The average Bonchev–Trinajstić information content (AvgIpc) is 2.18. The predicted octanol–water partition coefficient (Wildman–Crippen LogP) is 2.25. The lowest BCUT2D eigenvalue weighted by Crippen LogP contribution is -2.42. The topological polar surface area (TPSA) is 54.4 Å². The lowest BCUT2D eigenvalue weighted by atomic mass is 9.64. The van der Waals surface area contributed by atoms with E-state index in [0.717, 1.165) is 19.3 Å². The fourth-order valence-electron chi connectivity index (χ4n) is 2.49. The zero-order valence-corrected chi connectivity index (χ0v) is 8.88. The average molecular weight is 198 g/mol. The van der Waals surface area contributed by atoms with E-state index in [0.29, 0.717) is 12.8 Å². The van der Waals surface area contributed by atoms with Crippen molar-refractivity contribution in [2.24, 2.45) is 11.3 Å². The summed E-state index contributed by atoms with van der Waals surface area (Å²) in [5.41, 5.74) is -0.579. The van der Waals surface area contributed by atoms with E-state index < -0.39 is 17.3 Å². The summed E-state index contributed by atoms with van der Waals surface area (Å²) < 4.78 is 0. The van der Waals surface area contributed by atoms with Crippen molar-refractivity contribution in [3.63, 3.8) is 0 Å². The van der Waals surface area contributed by atoms with Gasteiger partial charge in [-0.1, -0.05) is 20.3 Å². The Bertz CT molecular complexity index is 247. The van der Waals surface area contributed by atoms with Gasteiger partial charge >= 0.3 is 5.97 Å². The summed E-state index contributed by atoms with van der Waals surface area (Å²) >= 11 is 0. The molecule has 14 heavy (non-hydrogen) atoms. The molecular formula is C11H18O3. The largest absolute Gasteiger partial charge is 0.481 e. The molecule has 1 aliphatic carbocycles. The zero-order chi connectivity index (χ0) is 10.8. The molecule has 0 heterocycles. The fourth-order valence-corrected chi connectivity index (χ4v) is 2.49. The lowest BCUT2D eigenvalue weighted by molar-refractivity contribution is -0.153. The van der Waals surface area contributed by atoms with E-state index in [1.165, 1.54) is 0 Å². The molecule has 1 fully saturated rings. The molecule has 1 saturated carbocycles. The number of carboxylic acids is 1. The van der Waals surface area contributed by atoms with Crippen molar-refractivity contribution in [1.82, 2.24) is 0 Å². The smallest absolute Gasteiger partial charge is 0.307 e. The van der Waals surface area contributed by atoms with Crippen LogP contribution in [0.15, 0.2) is 0 Å². The maximum Gasteiger partial charge on any atom is 0.307 e. The van der Waals surface area contributed by atoms with Gasteiger partial charge in [0.2, 0.25) is 0 Å². The van der Waals surface area contributed by atoms with E-state index in [1.54, 1.807) is 6.92 Å². The first-order valence-corrected chi connectivity index (χ1v) is 5.30. The minimum atomic E-state index is -0.845. The van der Waals surface area contributed by atoms with Crippen molar-refractivity contribution in [2.75, 3.05) is 0 Å². The molecule has 3 nitrogen and oxygen atoms in total. The second-order valence-corrected chi connectivity index (χ2v) is 4.20. The molecule has 1 rings (SSSR count). The highest BCUT2D eigenvalue weighted by molar-refractivity contribution is 5.90. The molecule has 0 aromatic heterocycles. The van der Waals surface area contributed by atoms with Crippen LogP contribution in [0.2, 0.25) is 0 Å². The van der Waals surface area contributed by atoms with Gasteiger partial charge in [0, 0.05) is 11.8 Å². The van der Waals surface area contributed by atoms with Gasteiger partial charge in [0.15, 0.2) is 0 Å². The van der Waals surface area contributed by atoms with Crippen molar-refractivity contribution >= 4 is 11.8 Å². The summed E-state index contributed by atoms with van der Waals surface area (Å²) in [4.78, 5) is 22.8.